The van der Waals surface area contributed by atoms with Crippen LogP contribution in [0.25, 0.3) is 5.57 Å². The van der Waals surface area contributed by atoms with Crippen LogP contribution >= 0.6 is 0 Å². The van der Waals surface area contributed by atoms with Crippen molar-refractivity contribution >= 4 is 17.8 Å². The summed E-state index contributed by atoms with van der Waals surface area (Å²) < 4.78 is 0. The fraction of sp³-hybridized carbons (Fsp3) is 0.231. The molecule has 0 spiro atoms. The summed E-state index contributed by atoms with van der Waals surface area (Å²) in [5.41, 5.74) is 8.51. The van der Waals surface area contributed by atoms with E-state index in [2.05, 4.69) is 5.32 Å². The second kappa shape index (κ2) is 5.84. The van der Waals surface area contributed by atoms with Gasteiger partial charge in [-0.2, -0.15) is 0 Å². The van der Waals surface area contributed by atoms with Crippen LogP contribution in [0.5, 0.6) is 0 Å². The number of benzene rings is 1. The molecule has 0 heterocycles. The maximum Gasteiger partial charge on any atom is 0.207 e. The van der Waals surface area contributed by atoms with Gasteiger partial charge in [-0.05, 0) is 25.0 Å². The SMILES string of the molecule is CC(=O)/C(=C(/C)N)c1ccc(CNC=O)cc1. The molecule has 0 radical (unpaired) electrons. The Kier molecular flexibility index (Phi) is 4.46. The Morgan fingerprint density at radius 1 is 1.29 bits per heavy atom. The van der Waals surface area contributed by atoms with E-state index in [1.54, 1.807) is 6.92 Å². The Balaban J connectivity index is 2.97. The largest absolute Gasteiger partial charge is 0.402 e. The molecule has 0 aliphatic carbocycles. The summed E-state index contributed by atoms with van der Waals surface area (Å²) in [6.07, 6.45) is 0.652. The number of nitrogens with two attached hydrogens (primary N) is 1. The van der Waals surface area contributed by atoms with E-state index in [1.165, 1.54) is 6.92 Å². The molecule has 0 aliphatic rings. The molecule has 4 heteroatoms. The highest BCUT2D eigenvalue weighted by Gasteiger charge is 2.09. The number of carbonyl (C=O) groups excluding carboxylic acids is 2. The molecule has 17 heavy (non-hydrogen) atoms. The Hall–Kier alpha value is -2.10. The average molecular weight is 232 g/mol. The maximum atomic E-state index is 11.4. The Labute approximate surface area is 101 Å². The molecule has 0 atom stereocenters. The third-order valence-electron chi connectivity index (χ3n) is 2.38. The Morgan fingerprint density at radius 3 is 2.29 bits per heavy atom. The van der Waals surface area contributed by atoms with Crippen molar-refractivity contribution in [3.05, 3.63) is 41.1 Å². The molecular weight excluding hydrogens is 216 g/mol. The van der Waals surface area contributed by atoms with Crippen molar-refractivity contribution in [2.24, 2.45) is 5.73 Å². The predicted molar refractivity (Wildman–Crippen MR) is 66.8 cm³/mol. The molecule has 4 nitrogen and oxygen atoms in total. The van der Waals surface area contributed by atoms with Crippen LogP contribution < -0.4 is 11.1 Å². The summed E-state index contributed by atoms with van der Waals surface area (Å²) in [6.45, 7) is 3.68. The van der Waals surface area contributed by atoms with Gasteiger partial charge in [0.25, 0.3) is 0 Å². The van der Waals surface area contributed by atoms with Gasteiger partial charge in [-0.3, -0.25) is 9.59 Å². The number of allylic oxidation sites excluding steroid dienone is 2. The fourth-order valence-electron chi connectivity index (χ4n) is 1.66. The summed E-state index contributed by atoms with van der Waals surface area (Å²) in [7, 11) is 0. The van der Waals surface area contributed by atoms with Gasteiger partial charge in [0.1, 0.15) is 0 Å². The molecule has 1 aromatic carbocycles. The lowest BCUT2D eigenvalue weighted by Gasteiger charge is -2.07. The summed E-state index contributed by atoms with van der Waals surface area (Å²) in [5.74, 6) is -0.0521. The second-order valence-electron chi connectivity index (χ2n) is 3.81. The third kappa shape index (κ3) is 3.45. The van der Waals surface area contributed by atoms with Gasteiger partial charge in [0, 0.05) is 17.8 Å². The molecule has 0 unspecified atom stereocenters. The van der Waals surface area contributed by atoms with Crippen molar-refractivity contribution in [1.82, 2.24) is 5.32 Å². The lowest BCUT2D eigenvalue weighted by molar-refractivity contribution is -0.112. The first-order valence-electron chi connectivity index (χ1n) is 5.30. The zero-order valence-electron chi connectivity index (χ0n) is 9.99. The van der Waals surface area contributed by atoms with Crippen LogP contribution in [0.4, 0.5) is 0 Å². The molecule has 1 rings (SSSR count). The van der Waals surface area contributed by atoms with Gasteiger partial charge in [-0.25, -0.2) is 0 Å². The number of rotatable bonds is 5. The average Bonchev–Trinajstić information content (AvgIpc) is 2.27. The van der Waals surface area contributed by atoms with Gasteiger partial charge in [0.05, 0.1) is 0 Å². The number of ketones is 1. The smallest absolute Gasteiger partial charge is 0.207 e. The summed E-state index contributed by atoms with van der Waals surface area (Å²) in [5, 5.41) is 2.57. The zero-order chi connectivity index (χ0) is 12.8. The minimum Gasteiger partial charge on any atom is -0.402 e. The van der Waals surface area contributed by atoms with Gasteiger partial charge in [0.2, 0.25) is 6.41 Å². The molecule has 0 saturated heterocycles. The molecule has 0 saturated carbocycles. The van der Waals surface area contributed by atoms with E-state index in [0.29, 0.717) is 24.2 Å². The minimum atomic E-state index is -0.0521. The van der Waals surface area contributed by atoms with E-state index in [1.807, 2.05) is 24.3 Å². The van der Waals surface area contributed by atoms with E-state index in [0.717, 1.165) is 11.1 Å². The lowest BCUT2D eigenvalue weighted by Crippen LogP contribution is -2.10. The van der Waals surface area contributed by atoms with E-state index in [4.69, 9.17) is 5.73 Å². The number of nitrogens with one attached hydrogen (secondary N) is 1. The normalized spacial score (nSPS) is 11.6. The summed E-state index contributed by atoms with van der Waals surface area (Å²) in [4.78, 5) is 21.6. The lowest BCUT2D eigenvalue weighted by atomic mass is 9.99. The van der Waals surface area contributed by atoms with Crippen LogP contribution in [-0.2, 0) is 16.1 Å². The fourth-order valence-corrected chi connectivity index (χ4v) is 1.66. The molecular formula is C13H16N2O2. The standard InChI is InChI=1S/C13H16N2O2/c1-9(14)13(10(2)17)12-5-3-11(4-6-12)7-15-8-16/h3-6,8H,7,14H2,1-2H3,(H,15,16)/b13-9+. The molecule has 1 aromatic rings. The van der Waals surface area contributed by atoms with Crippen LogP contribution in [0, 0.1) is 0 Å². The van der Waals surface area contributed by atoms with Crippen molar-refractivity contribution in [2.75, 3.05) is 0 Å². The quantitative estimate of drug-likeness (QED) is 0.592. The van der Waals surface area contributed by atoms with Gasteiger partial charge >= 0.3 is 0 Å². The molecule has 0 aromatic heterocycles. The number of hydrogen-bond acceptors (Lipinski definition) is 3. The monoisotopic (exact) mass is 232 g/mol. The van der Waals surface area contributed by atoms with E-state index in [-0.39, 0.29) is 5.78 Å². The van der Waals surface area contributed by atoms with E-state index in [9.17, 15) is 9.59 Å². The highest BCUT2D eigenvalue weighted by Crippen LogP contribution is 2.18. The van der Waals surface area contributed by atoms with Gasteiger partial charge in [0.15, 0.2) is 5.78 Å². The number of amides is 1. The van der Waals surface area contributed by atoms with E-state index < -0.39 is 0 Å². The van der Waals surface area contributed by atoms with E-state index >= 15 is 0 Å². The van der Waals surface area contributed by atoms with Gasteiger partial charge in [-0.1, -0.05) is 24.3 Å². The maximum absolute atomic E-state index is 11.4. The first-order chi connectivity index (χ1) is 8.06. The van der Waals surface area contributed by atoms with Crippen molar-refractivity contribution in [3.8, 4) is 0 Å². The van der Waals surface area contributed by atoms with Gasteiger partial charge in [-0.15, -0.1) is 0 Å². The number of Topliss-reactive ketones (excluding diaryl/α,β-unsaturated/α-hetero) is 1. The zero-order valence-corrected chi connectivity index (χ0v) is 9.99. The summed E-state index contributed by atoms with van der Waals surface area (Å²) >= 11 is 0. The Bertz CT molecular complexity index is 443. The van der Waals surface area contributed by atoms with Crippen molar-refractivity contribution in [1.29, 1.82) is 0 Å². The molecule has 0 aliphatic heterocycles. The highest BCUT2D eigenvalue weighted by atomic mass is 16.1. The van der Waals surface area contributed by atoms with Gasteiger partial charge < -0.3 is 11.1 Å². The Morgan fingerprint density at radius 2 is 1.88 bits per heavy atom. The van der Waals surface area contributed by atoms with Crippen molar-refractivity contribution in [2.45, 2.75) is 20.4 Å². The first-order valence-corrected chi connectivity index (χ1v) is 5.30. The molecule has 0 bridgehead atoms. The van der Waals surface area contributed by atoms with Crippen LogP contribution in [-0.4, -0.2) is 12.2 Å². The third-order valence-corrected chi connectivity index (χ3v) is 2.38. The number of hydrogen-bond donors (Lipinski definition) is 2. The molecule has 1 amide bonds. The van der Waals surface area contributed by atoms with Crippen LogP contribution in [0.15, 0.2) is 30.0 Å². The van der Waals surface area contributed by atoms with Crippen molar-refractivity contribution in [3.63, 3.8) is 0 Å². The topological polar surface area (TPSA) is 72.2 Å². The van der Waals surface area contributed by atoms with Crippen LogP contribution in [0.2, 0.25) is 0 Å². The number of carbonyl (C=O) groups is 2. The molecule has 0 fully saturated rings. The first kappa shape index (κ1) is 13.0. The molecule has 90 valence electrons. The highest BCUT2D eigenvalue weighted by molar-refractivity contribution is 6.20. The van der Waals surface area contributed by atoms with Crippen LogP contribution in [0.3, 0.4) is 0 Å². The second-order valence-corrected chi connectivity index (χ2v) is 3.81. The summed E-state index contributed by atoms with van der Waals surface area (Å²) in [6, 6.07) is 7.37. The minimum absolute atomic E-state index is 0.0521. The van der Waals surface area contributed by atoms with Crippen LogP contribution in [0.1, 0.15) is 25.0 Å². The molecule has 3 N–H and O–H groups in total. The predicted octanol–water partition coefficient (Wildman–Crippen LogP) is 1.21. The van der Waals surface area contributed by atoms with Crippen molar-refractivity contribution < 1.29 is 9.59 Å².